The fourth-order valence-corrected chi connectivity index (χ4v) is 1.90. The number of methoxy groups -OCH3 is 2. The van der Waals surface area contributed by atoms with Gasteiger partial charge in [0.1, 0.15) is 6.10 Å². The SMILES string of the molecule is COc1cc([C@H](O)c2ccccc2)cc(OC)c1O. The molecule has 2 rings (SSSR count). The zero-order valence-corrected chi connectivity index (χ0v) is 10.8. The first kappa shape index (κ1) is 13.2. The number of phenolic OH excluding ortho intramolecular Hbond substituents is 1. The Morgan fingerprint density at radius 1 is 0.895 bits per heavy atom. The molecule has 0 saturated carbocycles. The van der Waals surface area contributed by atoms with Gasteiger partial charge in [-0.3, -0.25) is 0 Å². The molecular formula is C15H16O4. The van der Waals surface area contributed by atoms with Gasteiger partial charge in [0.15, 0.2) is 11.5 Å². The first-order chi connectivity index (χ1) is 9.17. The summed E-state index contributed by atoms with van der Waals surface area (Å²) in [6.45, 7) is 0. The molecule has 0 spiro atoms. The molecule has 2 aromatic carbocycles. The Kier molecular flexibility index (Phi) is 3.92. The number of rotatable bonds is 4. The van der Waals surface area contributed by atoms with Crippen LogP contribution in [0, 0.1) is 0 Å². The van der Waals surface area contributed by atoms with Crippen LogP contribution >= 0.6 is 0 Å². The smallest absolute Gasteiger partial charge is 0.200 e. The Morgan fingerprint density at radius 2 is 1.42 bits per heavy atom. The minimum Gasteiger partial charge on any atom is -0.502 e. The lowest BCUT2D eigenvalue weighted by atomic mass is 10.0. The summed E-state index contributed by atoms with van der Waals surface area (Å²) in [6, 6.07) is 12.4. The van der Waals surface area contributed by atoms with Crippen molar-refractivity contribution in [3.05, 3.63) is 53.6 Å². The number of aliphatic hydroxyl groups excluding tert-OH is 1. The number of phenols is 1. The van der Waals surface area contributed by atoms with Gasteiger partial charge < -0.3 is 19.7 Å². The summed E-state index contributed by atoms with van der Waals surface area (Å²) < 4.78 is 10.1. The lowest BCUT2D eigenvalue weighted by molar-refractivity contribution is 0.218. The summed E-state index contributed by atoms with van der Waals surface area (Å²) in [5, 5.41) is 20.2. The number of hydrogen-bond acceptors (Lipinski definition) is 4. The summed E-state index contributed by atoms with van der Waals surface area (Å²) in [7, 11) is 2.90. The molecule has 0 unspecified atom stereocenters. The van der Waals surface area contributed by atoms with E-state index in [9.17, 15) is 10.2 Å². The largest absolute Gasteiger partial charge is 0.502 e. The molecule has 0 aliphatic carbocycles. The van der Waals surface area contributed by atoms with Gasteiger partial charge in [0.2, 0.25) is 5.75 Å². The van der Waals surface area contributed by atoms with Crippen LogP contribution in [0.25, 0.3) is 0 Å². The van der Waals surface area contributed by atoms with Gasteiger partial charge in [0.25, 0.3) is 0 Å². The molecule has 0 saturated heterocycles. The zero-order chi connectivity index (χ0) is 13.8. The van der Waals surface area contributed by atoms with Crippen LogP contribution in [-0.2, 0) is 0 Å². The minimum atomic E-state index is -0.801. The molecule has 0 heterocycles. The summed E-state index contributed by atoms with van der Waals surface area (Å²) >= 11 is 0. The molecule has 4 heteroatoms. The molecule has 4 nitrogen and oxygen atoms in total. The molecule has 0 amide bonds. The molecular weight excluding hydrogens is 244 g/mol. The average molecular weight is 260 g/mol. The monoisotopic (exact) mass is 260 g/mol. The highest BCUT2D eigenvalue weighted by atomic mass is 16.5. The van der Waals surface area contributed by atoms with E-state index < -0.39 is 6.10 Å². The Labute approximate surface area is 111 Å². The molecule has 0 bridgehead atoms. The molecule has 0 fully saturated rings. The highest BCUT2D eigenvalue weighted by molar-refractivity contribution is 5.54. The normalized spacial score (nSPS) is 11.9. The second-order valence-electron chi connectivity index (χ2n) is 4.09. The predicted octanol–water partition coefficient (Wildman–Crippen LogP) is 2.49. The number of aromatic hydroxyl groups is 1. The van der Waals surface area contributed by atoms with E-state index in [1.807, 2.05) is 30.3 Å². The third-order valence-electron chi connectivity index (χ3n) is 2.93. The van der Waals surface area contributed by atoms with Crippen molar-refractivity contribution in [1.82, 2.24) is 0 Å². The fraction of sp³-hybridized carbons (Fsp3) is 0.200. The van der Waals surface area contributed by atoms with Crippen LogP contribution < -0.4 is 9.47 Å². The third-order valence-corrected chi connectivity index (χ3v) is 2.93. The van der Waals surface area contributed by atoms with Crippen LogP contribution in [0.3, 0.4) is 0 Å². The van der Waals surface area contributed by atoms with Gasteiger partial charge >= 0.3 is 0 Å². The van der Waals surface area contributed by atoms with E-state index in [0.29, 0.717) is 5.56 Å². The van der Waals surface area contributed by atoms with E-state index in [2.05, 4.69) is 0 Å². The topological polar surface area (TPSA) is 58.9 Å². The highest BCUT2D eigenvalue weighted by Crippen LogP contribution is 2.39. The lowest BCUT2D eigenvalue weighted by Gasteiger charge is -2.15. The van der Waals surface area contributed by atoms with E-state index in [4.69, 9.17) is 9.47 Å². The van der Waals surface area contributed by atoms with Gasteiger partial charge in [-0.15, -0.1) is 0 Å². The predicted molar refractivity (Wildman–Crippen MR) is 71.7 cm³/mol. The molecule has 1 atom stereocenters. The van der Waals surface area contributed by atoms with Crippen molar-refractivity contribution in [2.45, 2.75) is 6.10 Å². The van der Waals surface area contributed by atoms with Crippen molar-refractivity contribution >= 4 is 0 Å². The van der Waals surface area contributed by atoms with Crippen molar-refractivity contribution in [2.24, 2.45) is 0 Å². The zero-order valence-electron chi connectivity index (χ0n) is 10.8. The molecule has 0 aliphatic heterocycles. The summed E-state index contributed by atoms with van der Waals surface area (Å²) in [5.74, 6) is 0.461. The van der Waals surface area contributed by atoms with Gasteiger partial charge in [-0.1, -0.05) is 30.3 Å². The maximum atomic E-state index is 10.3. The van der Waals surface area contributed by atoms with E-state index >= 15 is 0 Å². The van der Waals surface area contributed by atoms with Gasteiger partial charge in [0, 0.05) is 0 Å². The van der Waals surface area contributed by atoms with E-state index in [1.54, 1.807) is 12.1 Å². The average Bonchev–Trinajstić information content (AvgIpc) is 2.47. The molecule has 2 aromatic rings. The number of ether oxygens (including phenoxy) is 2. The van der Waals surface area contributed by atoms with Crippen molar-refractivity contribution < 1.29 is 19.7 Å². The van der Waals surface area contributed by atoms with Crippen LogP contribution in [-0.4, -0.2) is 24.4 Å². The number of benzene rings is 2. The third kappa shape index (κ3) is 2.63. The Morgan fingerprint density at radius 3 is 1.89 bits per heavy atom. The summed E-state index contributed by atoms with van der Waals surface area (Å²) in [4.78, 5) is 0. The molecule has 19 heavy (non-hydrogen) atoms. The van der Waals surface area contributed by atoms with Crippen molar-refractivity contribution in [2.75, 3.05) is 14.2 Å². The quantitative estimate of drug-likeness (QED) is 0.886. The minimum absolute atomic E-state index is 0.0750. The molecule has 100 valence electrons. The van der Waals surface area contributed by atoms with Crippen LogP contribution in [0.5, 0.6) is 17.2 Å². The van der Waals surface area contributed by atoms with Gasteiger partial charge in [-0.05, 0) is 23.3 Å². The lowest BCUT2D eigenvalue weighted by Crippen LogP contribution is -2.01. The van der Waals surface area contributed by atoms with Gasteiger partial charge in [0.05, 0.1) is 14.2 Å². The van der Waals surface area contributed by atoms with Crippen LogP contribution in [0.2, 0.25) is 0 Å². The van der Waals surface area contributed by atoms with Crippen molar-refractivity contribution in [1.29, 1.82) is 0 Å². The van der Waals surface area contributed by atoms with E-state index in [-0.39, 0.29) is 17.2 Å². The van der Waals surface area contributed by atoms with Crippen molar-refractivity contribution in [3.8, 4) is 17.2 Å². The standard InChI is InChI=1S/C15H16O4/c1-18-12-8-11(9-13(19-2)15(12)17)14(16)10-6-4-3-5-7-10/h3-9,14,16-17H,1-2H3/t14-/m1/s1. The fourth-order valence-electron chi connectivity index (χ4n) is 1.90. The summed E-state index contributed by atoms with van der Waals surface area (Å²) in [5.41, 5.74) is 1.36. The highest BCUT2D eigenvalue weighted by Gasteiger charge is 2.17. The number of aliphatic hydroxyl groups is 1. The Hall–Kier alpha value is -2.20. The van der Waals surface area contributed by atoms with Gasteiger partial charge in [-0.25, -0.2) is 0 Å². The Bertz CT molecular complexity index is 526. The maximum absolute atomic E-state index is 10.3. The van der Waals surface area contributed by atoms with E-state index in [1.165, 1.54) is 14.2 Å². The maximum Gasteiger partial charge on any atom is 0.200 e. The second-order valence-corrected chi connectivity index (χ2v) is 4.09. The van der Waals surface area contributed by atoms with Gasteiger partial charge in [-0.2, -0.15) is 0 Å². The molecule has 2 N–H and O–H groups in total. The van der Waals surface area contributed by atoms with E-state index in [0.717, 1.165) is 5.56 Å². The first-order valence-corrected chi connectivity index (χ1v) is 5.85. The Balaban J connectivity index is 2.45. The summed E-state index contributed by atoms with van der Waals surface area (Å²) in [6.07, 6.45) is -0.801. The van der Waals surface area contributed by atoms with Crippen LogP contribution in [0.1, 0.15) is 17.2 Å². The molecule has 0 aromatic heterocycles. The molecule has 0 radical (unpaired) electrons. The second kappa shape index (κ2) is 5.63. The van der Waals surface area contributed by atoms with Crippen molar-refractivity contribution in [3.63, 3.8) is 0 Å². The van der Waals surface area contributed by atoms with Crippen LogP contribution in [0.15, 0.2) is 42.5 Å². The van der Waals surface area contributed by atoms with Crippen LogP contribution in [0.4, 0.5) is 0 Å². The molecule has 0 aliphatic rings. The number of hydrogen-bond donors (Lipinski definition) is 2. The first-order valence-electron chi connectivity index (χ1n) is 5.85.